The summed E-state index contributed by atoms with van der Waals surface area (Å²) in [7, 11) is 1.85. The molecule has 1 heterocycles. The largest absolute Gasteiger partial charge is 0.404 e. The molecule has 130 valence electrons. The zero-order valence-corrected chi connectivity index (χ0v) is 16.3. The van der Waals surface area contributed by atoms with Crippen LogP contribution in [-0.4, -0.2) is 23.8 Å². The van der Waals surface area contributed by atoms with Gasteiger partial charge in [-0.2, -0.15) is 10.5 Å². The standard InChI is InChI=1S/C19H22BrN5/c1-4-6-15-19(2,11-23)16(14(10-22)18(24)25(15)3)13-8-5-7-12(9-21)17(13)20/h5,7-8,10,15-16,24H,4,6,22H2,1-3H3/b14-10-,24-18?. The quantitative estimate of drug-likeness (QED) is 0.804. The number of hydrogen-bond acceptors (Lipinski definition) is 4. The van der Waals surface area contributed by atoms with Crippen molar-refractivity contribution >= 4 is 21.8 Å². The van der Waals surface area contributed by atoms with Gasteiger partial charge in [0.2, 0.25) is 0 Å². The molecular formula is C19H22BrN5. The van der Waals surface area contributed by atoms with Crippen LogP contribution in [0.5, 0.6) is 0 Å². The normalized spacial score (nSPS) is 27.8. The van der Waals surface area contributed by atoms with Crippen molar-refractivity contribution in [3.63, 3.8) is 0 Å². The summed E-state index contributed by atoms with van der Waals surface area (Å²) >= 11 is 3.52. The molecule has 1 saturated heterocycles. The molecule has 0 bridgehead atoms. The van der Waals surface area contributed by atoms with Gasteiger partial charge in [-0.05, 0) is 40.9 Å². The molecule has 3 unspecified atom stereocenters. The number of rotatable bonds is 3. The highest BCUT2D eigenvalue weighted by Crippen LogP contribution is 2.51. The molecule has 0 amide bonds. The van der Waals surface area contributed by atoms with Crippen LogP contribution in [-0.2, 0) is 0 Å². The van der Waals surface area contributed by atoms with E-state index in [0.29, 0.717) is 21.4 Å². The van der Waals surface area contributed by atoms with E-state index in [-0.39, 0.29) is 12.0 Å². The van der Waals surface area contributed by atoms with Gasteiger partial charge in [-0.15, -0.1) is 0 Å². The number of nitrogens with zero attached hydrogens (tertiary/aromatic N) is 3. The minimum atomic E-state index is -0.781. The van der Waals surface area contributed by atoms with Crippen molar-refractivity contribution in [2.45, 2.75) is 38.6 Å². The van der Waals surface area contributed by atoms with Gasteiger partial charge in [0.05, 0.1) is 17.0 Å². The number of likely N-dealkylation sites (N-methyl/N-ethyl adjacent to an activating group) is 1. The monoisotopic (exact) mass is 399 g/mol. The molecule has 1 fully saturated rings. The van der Waals surface area contributed by atoms with Gasteiger partial charge in [0.25, 0.3) is 0 Å². The lowest BCUT2D eigenvalue weighted by molar-refractivity contribution is 0.155. The van der Waals surface area contributed by atoms with Gasteiger partial charge >= 0.3 is 0 Å². The maximum absolute atomic E-state index is 10.1. The number of nitriles is 2. The Hall–Kier alpha value is -2.31. The van der Waals surface area contributed by atoms with Crippen LogP contribution in [0, 0.1) is 33.5 Å². The third-order valence-electron chi connectivity index (χ3n) is 5.14. The molecular weight excluding hydrogens is 378 g/mol. The summed E-state index contributed by atoms with van der Waals surface area (Å²) in [5, 5.41) is 28.0. The molecule has 1 aromatic carbocycles. The van der Waals surface area contributed by atoms with Crippen LogP contribution in [0.25, 0.3) is 0 Å². The highest BCUT2D eigenvalue weighted by Gasteiger charge is 2.52. The topological polar surface area (TPSA) is 101 Å². The number of likely N-dealkylation sites (tertiary alicyclic amines) is 1. The molecule has 1 aromatic rings. The number of benzene rings is 1. The van der Waals surface area contributed by atoms with Crippen molar-refractivity contribution in [1.82, 2.24) is 4.90 Å². The van der Waals surface area contributed by atoms with Gasteiger partial charge in [-0.3, -0.25) is 5.41 Å². The predicted octanol–water partition coefficient (Wildman–Crippen LogP) is 3.87. The van der Waals surface area contributed by atoms with E-state index < -0.39 is 5.41 Å². The summed E-state index contributed by atoms with van der Waals surface area (Å²) in [6.45, 7) is 4.00. The minimum Gasteiger partial charge on any atom is -0.404 e. The smallest absolute Gasteiger partial charge is 0.126 e. The van der Waals surface area contributed by atoms with E-state index in [2.05, 4.69) is 35.0 Å². The Morgan fingerprint density at radius 3 is 2.64 bits per heavy atom. The van der Waals surface area contributed by atoms with Crippen LogP contribution in [0.1, 0.15) is 43.7 Å². The first-order chi connectivity index (χ1) is 11.9. The maximum Gasteiger partial charge on any atom is 0.126 e. The van der Waals surface area contributed by atoms with E-state index in [1.165, 1.54) is 6.20 Å². The van der Waals surface area contributed by atoms with Crippen LogP contribution >= 0.6 is 15.9 Å². The molecule has 1 aliphatic rings. The Kier molecular flexibility index (Phi) is 5.55. The van der Waals surface area contributed by atoms with E-state index >= 15 is 0 Å². The molecule has 1 aliphatic heterocycles. The Morgan fingerprint density at radius 2 is 2.12 bits per heavy atom. The molecule has 0 spiro atoms. The van der Waals surface area contributed by atoms with Gasteiger partial charge in [0, 0.05) is 35.3 Å². The summed E-state index contributed by atoms with van der Waals surface area (Å²) in [4.78, 5) is 1.85. The second-order valence-electron chi connectivity index (χ2n) is 6.53. The van der Waals surface area contributed by atoms with Crippen molar-refractivity contribution in [3.05, 3.63) is 45.6 Å². The fourth-order valence-corrected chi connectivity index (χ4v) is 4.43. The van der Waals surface area contributed by atoms with E-state index in [1.807, 2.05) is 24.9 Å². The zero-order valence-electron chi connectivity index (χ0n) is 14.7. The van der Waals surface area contributed by atoms with Crippen molar-refractivity contribution in [2.24, 2.45) is 11.1 Å². The van der Waals surface area contributed by atoms with Gasteiger partial charge in [0.15, 0.2) is 0 Å². The summed E-state index contributed by atoms with van der Waals surface area (Å²) < 4.78 is 0.663. The van der Waals surface area contributed by atoms with Gasteiger partial charge in [0.1, 0.15) is 11.9 Å². The average Bonchev–Trinajstić information content (AvgIpc) is 2.62. The molecule has 0 radical (unpaired) electrons. The zero-order chi connectivity index (χ0) is 18.8. The van der Waals surface area contributed by atoms with Crippen LogP contribution in [0.3, 0.4) is 0 Å². The molecule has 5 nitrogen and oxygen atoms in total. The lowest BCUT2D eigenvalue weighted by atomic mass is 9.62. The third kappa shape index (κ3) is 2.92. The Labute approximate surface area is 157 Å². The van der Waals surface area contributed by atoms with Crippen LogP contribution < -0.4 is 5.73 Å². The fourth-order valence-electron chi connectivity index (χ4n) is 3.84. The summed E-state index contributed by atoms with van der Waals surface area (Å²) in [5.74, 6) is -0.0571. The molecule has 25 heavy (non-hydrogen) atoms. The van der Waals surface area contributed by atoms with E-state index in [0.717, 1.165) is 18.4 Å². The van der Waals surface area contributed by atoms with Crippen LogP contribution in [0.2, 0.25) is 0 Å². The highest BCUT2D eigenvalue weighted by molar-refractivity contribution is 9.10. The second kappa shape index (κ2) is 7.29. The first-order valence-corrected chi connectivity index (χ1v) is 8.99. The molecule has 0 aliphatic carbocycles. The lowest BCUT2D eigenvalue weighted by Gasteiger charge is -2.50. The Balaban J connectivity index is 2.77. The first-order valence-electron chi connectivity index (χ1n) is 8.20. The SMILES string of the molecule is CCCC1N(C)C(=N)/C(=C\N)C(c2cccc(C#N)c2Br)C1(C)C#N. The number of nitrogens with one attached hydrogen (secondary N) is 1. The van der Waals surface area contributed by atoms with Gasteiger partial charge in [-0.25, -0.2) is 0 Å². The minimum absolute atomic E-state index is 0.110. The first kappa shape index (κ1) is 19.0. The fraction of sp³-hybridized carbons (Fsp3) is 0.421. The Morgan fingerprint density at radius 1 is 1.44 bits per heavy atom. The molecule has 3 N–H and O–H groups in total. The number of amidine groups is 1. The van der Waals surface area contributed by atoms with Crippen molar-refractivity contribution in [2.75, 3.05) is 7.05 Å². The second-order valence-corrected chi connectivity index (χ2v) is 7.33. The Bertz CT molecular complexity index is 801. The third-order valence-corrected chi connectivity index (χ3v) is 6.02. The van der Waals surface area contributed by atoms with Crippen molar-refractivity contribution in [1.29, 1.82) is 15.9 Å². The number of nitrogens with two attached hydrogens (primary N) is 1. The number of piperidine rings is 1. The van der Waals surface area contributed by atoms with E-state index in [9.17, 15) is 10.5 Å². The van der Waals surface area contributed by atoms with Crippen molar-refractivity contribution in [3.8, 4) is 12.1 Å². The number of hydrogen-bond donors (Lipinski definition) is 2. The van der Waals surface area contributed by atoms with Crippen LogP contribution in [0.4, 0.5) is 0 Å². The van der Waals surface area contributed by atoms with Crippen LogP contribution in [0.15, 0.2) is 34.4 Å². The maximum atomic E-state index is 10.1. The predicted molar refractivity (Wildman–Crippen MR) is 102 cm³/mol. The summed E-state index contributed by atoms with van der Waals surface area (Å²) in [5.41, 5.74) is 7.03. The van der Waals surface area contributed by atoms with Gasteiger partial charge < -0.3 is 10.6 Å². The molecule has 0 saturated carbocycles. The average molecular weight is 400 g/mol. The molecule has 2 rings (SSSR count). The molecule has 0 aromatic heterocycles. The summed E-state index contributed by atoms with van der Waals surface area (Å²) in [6.07, 6.45) is 3.13. The van der Waals surface area contributed by atoms with E-state index in [4.69, 9.17) is 11.1 Å². The number of halogens is 1. The van der Waals surface area contributed by atoms with Crippen molar-refractivity contribution < 1.29 is 0 Å². The summed E-state index contributed by atoms with van der Waals surface area (Å²) in [6, 6.07) is 10.00. The highest BCUT2D eigenvalue weighted by atomic mass is 79.9. The van der Waals surface area contributed by atoms with Gasteiger partial charge in [-0.1, -0.05) is 25.5 Å². The van der Waals surface area contributed by atoms with E-state index in [1.54, 1.807) is 12.1 Å². The lowest BCUT2D eigenvalue weighted by Crippen LogP contribution is -2.56. The molecule has 3 atom stereocenters. The molecule has 6 heteroatoms.